The van der Waals surface area contributed by atoms with Crippen LogP contribution in [0, 0.1) is 6.92 Å². The largest absolute Gasteiger partial charge is 0.388 e. The predicted molar refractivity (Wildman–Crippen MR) is 71.9 cm³/mol. The molecule has 96 valence electrons. The summed E-state index contributed by atoms with van der Waals surface area (Å²) in [6.07, 6.45) is 9.90. The third kappa shape index (κ3) is 5.31. The van der Waals surface area contributed by atoms with Crippen LogP contribution >= 0.6 is 0 Å². The number of aliphatic hydroxyl groups excluding tert-OH is 1. The minimum Gasteiger partial charge on any atom is -0.388 e. The van der Waals surface area contributed by atoms with Crippen LogP contribution in [0.25, 0.3) is 0 Å². The molecule has 0 aliphatic heterocycles. The SMILES string of the molecule is CCCCCCCCC(O)c1cccnc1C. The summed E-state index contributed by atoms with van der Waals surface area (Å²) in [4.78, 5) is 4.21. The standard InChI is InChI=1S/C15H25NO/c1-3-4-5-6-7-8-11-15(17)14-10-9-12-16-13(14)2/h9-10,12,15,17H,3-8,11H2,1-2H3. The molecule has 17 heavy (non-hydrogen) atoms. The first-order valence-corrected chi connectivity index (χ1v) is 6.85. The third-order valence-electron chi connectivity index (χ3n) is 3.24. The Bertz CT molecular complexity index is 312. The van der Waals surface area contributed by atoms with Crippen molar-refractivity contribution >= 4 is 0 Å². The Labute approximate surface area is 105 Å². The number of aromatic nitrogens is 1. The van der Waals surface area contributed by atoms with Crippen LogP contribution in [0.3, 0.4) is 0 Å². The highest BCUT2D eigenvalue weighted by molar-refractivity contribution is 5.20. The highest BCUT2D eigenvalue weighted by atomic mass is 16.3. The highest BCUT2D eigenvalue weighted by Crippen LogP contribution is 2.21. The molecular formula is C15H25NO. The third-order valence-corrected chi connectivity index (χ3v) is 3.24. The predicted octanol–water partition coefficient (Wildman–Crippen LogP) is 4.17. The van der Waals surface area contributed by atoms with E-state index in [2.05, 4.69) is 11.9 Å². The van der Waals surface area contributed by atoms with Crippen LogP contribution < -0.4 is 0 Å². The molecule has 1 atom stereocenters. The molecule has 0 fully saturated rings. The molecule has 2 nitrogen and oxygen atoms in total. The molecule has 1 aromatic heterocycles. The first-order chi connectivity index (χ1) is 8.25. The Kier molecular flexibility index (Phi) is 6.87. The monoisotopic (exact) mass is 235 g/mol. The van der Waals surface area contributed by atoms with E-state index in [0.29, 0.717) is 0 Å². The van der Waals surface area contributed by atoms with Gasteiger partial charge in [-0.2, -0.15) is 0 Å². The van der Waals surface area contributed by atoms with E-state index in [0.717, 1.165) is 24.1 Å². The molecule has 0 aliphatic carbocycles. The molecule has 0 aliphatic rings. The highest BCUT2D eigenvalue weighted by Gasteiger charge is 2.09. The van der Waals surface area contributed by atoms with Gasteiger partial charge < -0.3 is 5.11 Å². The molecule has 0 saturated carbocycles. The maximum absolute atomic E-state index is 10.1. The van der Waals surface area contributed by atoms with Gasteiger partial charge in [-0.1, -0.05) is 51.5 Å². The molecule has 1 aromatic rings. The number of aliphatic hydroxyl groups is 1. The molecule has 1 unspecified atom stereocenters. The van der Waals surface area contributed by atoms with Crippen molar-refractivity contribution in [2.75, 3.05) is 0 Å². The number of nitrogens with zero attached hydrogens (tertiary/aromatic N) is 1. The van der Waals surface area contributed by atoms with Crippen LogP contribution in [0.4, 0.5) is 0 Å². The van der Waals surface area contributed by atoms with E-state index in [1.807, 2.05) is 19.1 Å². The summed E-state index contributed by atoms with van der Waals surface area (Å²) >= 11 is 0. The summed E-state index contributed by atoms with van der Waals surface area (Å²) in [6, 6.07) is 3.87. The van der Waals surface area contributed by atoms with Gasteiger partial charge in [-0.15, -0.1) is 0 Å². The van der Waals surface area contributed by atoms with E-state index in [1.165, 1.54) is 32.1 Å². The lowest BCUT2D eigenvalue weighted by molar-refractivity contribution is 0.162. The maximum atomic E-state index is 10.1. The minimum absolute atomic E-state index is 0.338. The molecule has 2 heteroatoms. The fourth-order valence-corrected chi connectivity index (χ4v) is 2.12. The zero-order chi connectivity index (χ0) is 12.5. The van der Waals surface area contributed by atoms with Gasteiger partial charge >= 0.3 is 0 Å². The Morgan fingerprint density at radius 1 is 1.18 bits per heavy atom. The Hall–Kier alpha value is -0.890. The van der Waals surface area contributed by atoms with Crippen LogP contribution in [0.1, 0.15) is 69.2 Å². The zero-order valence-electron chi connectivity index (χ0n) is 11.2. The molecule has 0 spiro atoms. The second-order valence-corrected chi connectivity index (χ2v) is 4.75. The molecule has 0 amide bonds. The Morgan fingerprint density at radius 3 is 2.59 bits per heavy atom. The number of pyridine rings is 1. The summed E-state index contributed by atoms with van der Waals surface area (Å²) in [5, 5.41) is 10.1. The van der Waals surface area contributed by atoms with E-state index >= 15 is 0 Å². The topological polar surface area (TPSA) is 33.1 Å². The average molecular weight is 235 g/mol. The van der Waals surface area contributed by atoms with E-state index in [4.69, 9.17) is 0 Å². The van der Waals surface area contributed by atoms with Gasteiger partial charge in [0.15, 0.2) is 0 Å². The summed E-state index contributed by atoms with van der Waals surface area (Å²) in [7, 11) is 0. The fourth-order valence-electron chi connectivity index (χ4n) is 2.12. The first kappa shape index (κ1) is 14.2. The van der Waals surface area contributed by atoms with Crippen molar-refractivity contribution in [3.63, 3.8) is 0 Å². The van der Waals surface area contributed by atoms with Gasteiger partial charge in [0.1, 0.15) is 0 Å². The van der Waals surface area contributed by atoms with Gasteiger partial charge in [-0.3, -0.25) is 4.98 Å². The van der Waals surface area contributed by atoms with E-state index in [9.17, 15) is 5.11 Å². The summed E-state index contributed by atoms with van der Waals surface area (Å²) in [5.41, 5.74) is 1.94. The van der Waals surface area contributed by atoms with Gasteiger partial charge in [-0.05, 0) is 19.4 Å². The van der Waals surface area contributed by atoms with Crippen molar-refractivity contribution in [1.82, 2.24) is 4.98 Å². The minimum atomic E-state index is -0.338. The quantitative estimate of drug-likeness (QED) is 0.686. The number of rotatable bonds is 8. The lowest BCUT2D eigenvalue weighted by atomic mass is 10.0. The number of hydrogen-bond acceptors (Lipinski definition) is 2. The summed E-state index contributed by atoms with van der Waals surface area (Å²) in [6.45, 7) is 4.19. The normalized spacial score (nSPS) is 12.6. The molecule has 0 radical (unpaired) electrons. The van der Waals surface area contributed by atoms with Crippen molar-refractivity contribution in [3.8, 4) is 0 Å². The molecule has 1 N–H and O–H groups in total. The zero-order valence-corrected chi connectivity index (χ0v) is 11.2. The van der Waals surface area contributed by atoms with Gasteiger partial charge in [0, 0.05) is 17.5 Å². The van der Waals surface area contributed by atoms with E-state index < -0.39 is 0 Å². The number of hydrogen-bond donors (Lipinski definition) is 1. The second-order valence-electron chi connectivity index (χ2n) is 4.75. The fraction of sp³-hybridized carbons (Fsp3) is 0.667. The summed E-state index contributed by atoms with van der Waals surface area (Å²) < 4.78 is 0. The Morgan fingerprint density at radius 2 is 1.88 bits per heavy atom. The second kappa shape index (κ2) is 8.24. The first-order valence-electron chi connectivity index (χ1n) is 6.85. The lowest BCUT2D eigenvalue weighted by Crippen LogP contribution is -2.01. The number of aryl methyl sites for hydroxylation is 1. The molecule has 0 saturated heterocycles. The van der Waals surface area contributed by atoms with Crippen molar-refractivity contribution in [2.45, 2.75) is 64.9 Å². The van der Waals surface area contributed by atoms with Crippen molar-refractivity contribution in [1.29, 1.82) is 0 Å². The average Bonchev–Trinajstić information content (AvgIpc) is 2.34. The van der Waals surface area contributed by atoms with Gasteiger partial charge in [-0.25, -0.2) is 0 Å². The van der Waals surface area contributed by atoms with Crippen LogP contribution in [0.15, 0.2) is 18.3 Å². The van der Waals surface area contributed by atoms with Crippen LogP contribution in [-0.4, -0.2) is 10.1 Å². The smallest absolute Gasteiger partial charge is 0.0807 e. The van der Waals surface area contributed by atoms with Gasteiger partial charge in [0.2, 0.25) is 0 Å². The Balaban J connectivity index is 2.21. The van der Waals surface area contributed by atoms with Crippen LogP contribution in [-0.2, 0) is 0 Å². The molecule has 0 aromatic carbocycles. The molecule has 1 rings (SSSR count). The van der Waals surface area contributed by atoms with Crippen molar-refractivity contribution in [2.24, 2.45) is 0 Å². The molecule has 1 heterocycles. The lowest BCUT2D eigenvalue weighted by Gasteiger charge is -2.12. The summed E-state index contributed by atoms with van der Waals surface area (Å²) in [5.74, 6) is 0. The molecule has 0 bridgehead atoms. The van der Waals surface area contributed by atoms with Crippen LogP contribution in [0.5, 0.6) is 0 Å². The van der Waals surface area contributed by atoms with Crippen molar-refractivity contribution in [3.05, 3.63) is 29.6 Å². The van der Waals surface area contributed by atoms with E-state index in [-0.39, 0.29) is 6.10 Å². The van der Waals surface area contributed by atoms with E-state index in [1.54, 1.807) is 6.20 Å². The van der Waals surface area contributed by atoms with Crippen molar-refractivity contribution < 1.29 is 5.11 Å². The van der Waals surface area contributed by atoms with Gasteiger partial charge in [0.05, 0.1) is 6.10 Å². The van der Waals surface area contributed by atoms with Crippen LogP contribution in [0.2, 0.25) is 0 Å². The molecular weight excluding hydrogens is 210 g/mol. The number of unbranched alkanes of at least 4 members (excludes halogenated alkanes) is 5. The maximum Gasteiger partial charge on any atom is 0.0807 e. The van der Waals surface area contributed by atoms with Gasteiger partial charge in [0.25, 0.3) is 0 Å².